The number of carbonyl (C=O) groups excluding carboxylic acids is 1. The number of ketones is 1. The summed E-state index contributed by atoms with van der Waals surface area (Å²) < 4.78 is 6.66. The summed E-state index contributed by atoms with van der Waals surface area (Å²) in [5, 5.41) is 0. The predicted octanol–water partition coefficient (Wildman–Crippen LogP) is 4.41. The fraction of sp³-hybridized carbons (Fsp3) is 0.188. The van der Waals surface area contributed by atoms with Crippen molar-refractivity contribution < 1.29 is 9.53 Å². The van der Waals surface area contributed by atoms with Gasteiger partial charge in [-0.1, -0.05) is 28.1 Å². The van der Waals surface area contributed by atoms with Crippen LogP contribution in [0.15, 0.2) is 51.8 Å². The van der Waals surface area contributed by atoms with Gasteiger partial charge in [-0.25, -0.2) is 0 Å². The summed E-state index contributed by atoms with van der Waals surface area (Å²) in [4.78, 5) is 12.5. The zero-order valence-electron chi connectivity index (χ0n) is 11.6. The van der Waals surface area contributed by atoms with Gasteiger partial charge in [0.15, 0.2) is 5.78 Å². The van der Waals surface area contributed by atoms with Crippen LogP contribution in [0.4, 0.5) is 5.69 Å². The highest BCUT2D eigenvalue weighted by Gasteiger charge is 2.07. The van der Waals surface area contributed by atoms with Crippen molar-refractivity contribution >= 4 is 39.2 Å². The van der Waals surface area contributed by atoms with E-state index in [2.05, 4.69) is 15.9 Å². The Morgan fingerprint density at radius 1 is 1.29 bits per heavy atom. The lowest BCUT2D eigenvalue weighted by Crippen LogP contribution is -2.04. The third kappa shape index (κ3) is 4.51. The lowest BCUT2D eigenvalue weighted by molar-refractivity contribution is 0.101. The zero-order chi connectivity index (χ0) is 15.2. The SMILES string of the molecule is CC(=O)c1ccccc1OCCSc1ccc(Br)cc1N. The Bertz CT molecular complexity index is 646. The van der Waals surface area contributed by atoms with Crippen molar-refractivity contribution in [1.82, 2.24) is 0 Å². The maximum absolute atomic E-state index is 11.5. The Labute approximate surface area is 137 Å². The fourth-order valence-corrected chi connectivity index (χ4v) is 2.99. The van der Waals surface area contributed by atoms with Gasteiger partial charge in [-0.15, -0.1) is 11.8 Å². The molecule has 0 saturated carbocycles. The van der Waals surface area contributed by atoms with Crippen LogP contribution in [0, 0.1) is 0 Å². The van der Waals surface area contributed by atoms with Crippen molar-refractivity contribution in [3.63, 3.8) is 0 Å². The van der Waals surface area contributed by atoms with Crippen LogP contribution in [-0.2, 0) is 0 Å². The highest BCUT2D eigenvalue weighted by atomic mass is 79.9. The first-order valence-corrected chi connectivity index (χ1v) is 8.26. The van der Waals surface area contributed by atoms with Gasteiger partial charge in [-0.3, -0.25) is 4.79 Å². The van der Waals surface area contributed by atoms with Crippen LogP contribution in [0.1, 0.15) is 17.3 Å². The first-order valence-electron chi connectivity index (χ1n) is 6.48. The van der Waals surface area contributed by atoms with E-state index in [1.807, 2.05) is 36.4 Å². The minimum Gasteiger partial charge on any atom is -0.492 e. The Morgan fingerprint density at radius 3 is 2.76 bits per heavy atom. The van der Waals surface area contributed by atoms with Crippen LogP contribution in [0.3, 0.4) is 0 Å². The van der Waals surface area contributed by atoms with E-state index in [-0.39, 0.29) is 5.78 Å². The molecule has 2 N–H and O–H groups in total. The number of carbonyl (C=O) groups is 1. The van der Waals surface area contributed by atoms with Crippen LogP contribution >= 0.6 is 27.7 Å². The maximum Gasteiger partial charge on any atom is 0.163 e. The molecule has 0 aromatic heterocycles. The van der Waals surface area contributed by atoms with E-state index >= 15 is 0 Å². The summed E-state index contributed by atoms with van der Waals surface area (Å²) in [6.45, 7) is 2.06. The van der Waals surface area contributed by atoms with Crippen LogP contribution in [-0.4, -0.2) is 18.1 Å². The van der Waals surface area contributed by atoms with Crippen LogP contribution in [0.2, 0.25) is 0 Å². The second-order valence-electron chi connectivity index (χ2n) is 4.43. The summed E-state index contributed by atoms with van der Waals surface area (Å²) >= 11 is 5.02. The standard InChI is InChI=1S/C16H16BrNO2S/c1-11(19)13-4-2-3-5-15(13)20-8-9-21-16-7-6-12(17)10-14(16)18/h2-7,10H,8-9,18H2,1H3. The Kier molecular flexibility index (Phi) is 5.70. The number of Topliss-reactive ketones (excluding diaryl/α,β-unsaturated/α-hetero) is 1. The quantitative estimate of drug-likeness (QED) is 0.356. The molecule has 0 unspecified atom stereocenters. The van der Waals surface area contributed by atoms with E-state index in [4.69, 9.17) is 10.5 Å². The molecule has 2 aromatic carbocycles. The normalized spacial score (nSPS) is 10.4. The van der Waals surface area contributed by atoms with Gasteiger partial charge >= 0.3 is 0 Å². The van der Waals surface area contributed by atoms with Crippen molar-refractivity contribution in [2.75, 3.05) is 18.1 Å². The monoisotopic (exact) mass is 365 g/mol. The van der Waals surface area contributed by atoms with Gasteiger partial charge in [-0.05, 0) is 37.3 Å². The lowest BCUT2D eigenvalue weighted by atomic mass is 10.1. The van der Waals surface area contributed by atoms with Crippen molar-refractivity contribution in [3.05, 3.63) is 52.5 Å². The molecular formula is C16H16BrNO2S. The van der Waals surface area contributed by atoms with Gasteiger partial charge in [0.1, 0.15) is 5.75 Å². The number of ether oxygens (including phenoxy) is 1. The average molecular weight is 366 g/mol. The number of thioether (sulfide) groups is 1. The lowest BCUT2D eigenvalue weighted by Gasteiger charge is -2.10. The molecule has 5 heteroatoms. The number of nitrogen functional groups attached to an aromatic ring is 1. The summed E-state index contributed by atoms with van der Waals surface area (Å²) in [6, 6.07) is 13.1. The van der Waals surface area contributed by atoms with Gasteiger partial charge in [0.25, 0.3) is 0 Å². The molecule has 0 amide bonds. The summed E-state index contributed by atoms with van der Waals surface area (Å²) in [7, 11) is 0. The number of hydrogen-bond acceptors (Lipinski definition) is 4. The number of nitrogens with two attached hydrogens (primary N) is 1. The fourth-order valence-electron chi connectivity index (χ4n) is 1.84. The van der Waals surface area contributed by atoms with Gasteiger partial charge < -0.3 is 10.5 Å². The minimum absolute atomic E-state index is 0.00964. The first-order chi connectivity index (χ1) is 10.1. The molecule has 0 spiro atoms. The molecule has 0 radical (unpaired) electrons. The smallest absolute Gasteiger partial charge is 0.163 e. The second kappa shape index (κ2) is 7.52. The molecule has 2 aromatic rings. The molecule has 0 heterocycles. The largest absolute Gasteiger partial charge is 0.492 e. The number of halogens is 1. The summed E-state index contributed by atoms with van der Waals surface area (Å²) in [5.41, 5.74) is 7.31. The topological polar surface area (TPSA) is 52.3 Å². The highest BCUT2D eigenvalue weighted by molar-refractivity contribution is 9.10. The average Bonchev–Trinajstić information content (AvgIpc) is 2.45. The van der Waals surface area contributed by atoms with E-state index in [9.17, 15) is 4.79 Å². The molecule has 0 fully saturated rings. The van der Waals surface area contributed by atoms with Gasteiger partial charge in [0.2, 0.25) is 0 Å². The van der Waals surface area contributed by atoms with E-state index in [1.54, 1.807) is 24.8 Å². The van der Waals surface area contributed by atoms with Gasteiger partial charge in [0.05, 0.1) is 12.2 Å². The molecule has 21 heavy (non-hydrogen) atoms. The summed E-state index contributed by atoms with van der Waals surface area (Å²) in [6.07, 6.45) is 0. The van der Waals surface area contributed by atoms with Gasteiger partial charge in [-0.2, -0.15) is 0 Å². The Balaban J connectivity index is 1.89. The van der Waals surface area contributed by atoms with Crippen LogP contribution in [0.25, 0.3) is 0 Å². The van der Waals surface area contributed by atoms with E-state index in [0.29, 0.717) is 17.9 Å². The van der Waals surface area contributed by atoms with Gasteiger partial charge in [0, 0.05) is 20.8 Å². The van der Waals surface area contributed by atoms with Crippen molar-refractivity contribution in [3.8, 4) is 5.75 Å². The molecule has 2 rings (SSSR count). The van der Waals surface area contributed by atoms with Crippen molar-refractivity contribution in [1.29, 1.82) is 0 Å². The van der Waals surface area contributed by atoms with Crippen LogP contribution < -0.4 is 10.5 Å². The van der Waals surface area contributed by atoms with E-state index < -0.39 is 0 Å². The molecule has 0 aliphatic rings. The van der Waals surface area contributed by atoms with E-state index in [1.165, 1.54) is 0 Å². The number of rotatable bonds is 6. The molecule has 3 nitrogen and oxygen atoms in total. The number of anilines is 1. The van der Waals surface area contributed by atoms with Crippen molar-refractivity contribution in [2.45, 2.75) is 11.8 Å². The first kappa shape index (κ1) is 15.9. The predicted molar refractivity (Wildman–Crippen MR) is 91.2 cm³/mol. The Morgan fingerprint density at radius 2 is 2.05 bits per heavy atom. The highest BCUT2D eigenvalue weighted by Crippen LogP contribution is 2.28. The zero-order valence-corrected chi connectivity index (χ0v) is 14.0. The molecule has 0 aliphatic heterocycles. The number of hydrogen-bond donors (Lipinski definition) is 1. The molecule has 0 atom stereocenters. The Hall–Kier alpha value is -1.46. The second-order valence-corrected chi connectivity index (χ2v) is 6.48. The molecule has 0 aliphatic carbocycles. The molecule has 0 bridgehead atoms. The van der Waals surface area contributed by atoms with Crippen molar-refractivity contribution in [2.24, 2.45) is 0 Å². The molecular weight excluding hydrogens is 350 g/mol. The third-order valence-electron chi connectivity index (χ3n) is 2.84. The number of benzene rings is 2. The molecule has 0 saturated heterocycles. The summed E-state index contributed by atoms with van der Waals surface area (Å²) in [5.74, 6) is 1.41. The van der Waals surface area contributed by atoms with Crippen LogP contribution in [0.5, 0.6) is 5.75 Å². The third-order valence-corrected chi connectivity index (χ3v) is 4.38. The van der Waals surface area contributed by atoms with E-state index in [0.717, 1.165) is 20.8 Å². The minimum atomic E-state index is 0.00964. The molecule has 110 valence electrons. The number of para-hydroxylation sites is 1. The maximum atomic E-state index is 11.5.